The summed E-state index contributed by atoms with van der Waals surface area (Å²) < 4.78 is 19.0. The minimum absolute atomic E-state index is 0.0272. The molecule has 2 aliphatic carbocycles. The molecule has 1 heterocycles. The first kappa shape index (κ1) is 19.4. The minimum Gasteiger partial charge on any atom is -0.413 e. The third-order valence-electron chi connectivity index (χ3n) is 6.98. The topological polar surface area (TPSA) is 51.5 Å². The van der Waals surface area contributed by atoms with Crippen molar-refractivity contribution in [1.82, 2.24) is 0 Å². The summed E-state index contributed by atoms with van der Waals surface area (Å²) >= 11 is 0. The highest BCUT2D eigenvalue weighted by Gasteiger charge is 2.58. The van der Waals surface area contributed by atoms with E-state index < -0.39 is 14.1 Å². The van der Waals surface area contributed by atoms with Gasteiger partial charge in [0, 0.05) is 18.3 Å². The van der Waals surface area contributed by atoms with E-state index in [4.69, 9.17) is 13.9 Å². The Morgan fingerprint density at radius 3 is 2.24 bits per heavy atom. The summed E-state index contributed by atoms with van der Waals surface area (Å²) in [6.45, 7) is 17.2. The summed E-state index contributed by atoms with van der Waals surface area (Å²) in [6, 6.07) is 2.58. The van der Waals surface area contributed by atoms with Gasteiger partial charge in [-0.05, 0) is 36.4 Å². The normalized spacial score (nSPS) is 37.0. The van der Waals surface area contributed by atoms with E-state index in [0.717, 1.165) is 32.5 Å². The summed E-state index contributed by atoms with van der Waals surface area (Å²) in [5, 5.41) is 10.0. The third-order valence-corrected chi connectivity index (χ3v) is 11.5. The zero-order valence-electron chi connectivity index (χ0n) is 17.0. The molecule has 3 fully saturated rings. The van der Waals surface area contributed by atoms with Crippen molar-refractivity contribution in [2.75, 3.05) is 13.2 Å². The van der Waals surface area contributed by atoms with Crippen LogP contribution in [0.2, 0.25) is 18.1 Å². The Morgan fingerprint density at radius 1 is 1.12 bits per heavy atom. The van der Waals surface area contributed by atoms with Gasteiger partial charge in [-0.3, -0.25) is 0 Å². The van der Waals surface area contributed by atoms with Gasteiger partial charge < -0.3 is 13.9 Å². The lowest BCUT2D eigenvalue weighted by molar-refractivity contribution is -0.298. The van der Waals surface area contributed by atoms with E-state index in [-0.39, 0.29) is 22.5 Å². The molecule has 0 amide bonds. The summed E-state index contributed by atoms with van der Waals surface area (Å²) in [5.41, 5.74) is 0.0888. The molecule has 0 aromatic heterocycles. The third kappa shape index (κ3) is 3.56. The van der Waals surface area contributed by atoms with Crippen LogP contribution >= 0.6 is 0 Å². The molecule has 1 saturated heterocycles. The molecule has 4 atom stereocenters. The molecule has 5 heteroatoms. The maximum Gasteiger partial charge on any atom is 0.192 e. The number of hydrogen-bond donors (Lipinski definition) is 0. The number of hydrogen-bond acceptors (Lipinski definition) is 4. The Morgan fingerprint density at radius 2 is 1.72 bits per heavy atom. The molecule has 0 bridgehead atoms. The highest BCUT2D eigenvalue weighted by atomic mass is 28.4. The lowest BCUT2D eigenvalue weighted by Crippen LogP contribution is -2.47. The average molecular weight is 366 g/mol. The summed E-state index contributed by atoms with van der Waals surface area (Å²) in [5.74, 6) is 0.365. The first-order valence-corrected chi connectivity index (χ1v) is 12.6. The van der Waals surface area contributed by atoms with Crippen LogP contribution in [-0.4, -0.2) is 33.4 Å². The van der Waals surface area contributed by atoms with Gasteiger partial charge in [-0.1, -0.05) is 34.6 Å². The van der Waals surface area contributed by atoms with Crippen molar-refractivity contribution in [2.24, 2.45) is 23.2 Å². The lowest BCUT2D eigenvalue weighted by atomic mass is 9.91. The maximum atomic E-state index is 9.86. The summed E-state index contributed by atoms with van der Waals surface area (Å²) in [4.78, 5) is 0. The highest BCUT2D eigenvalue weighted by Crippen LogP contribution is 2.56. The van der Waals surface area contributed by atoms with Crippen molar-refractivity contribution in [2.45, 2.75) is 83.9 Å². The van der Waals surface area contributed by atoms with Gasteiger partial charge in [0.2, 0.25) is 0 Å². The molecule has 0 radical (unpaired) electrons. The van der Waals surface area contributed by atoms with Crippen molar-refractivity contribution in [1.29, 1.82) is 5.26 Å². The molecule has 0 aromatic carbocycles. The Hall–Kier alpha value is -0.413. The van der Waals surface area contributed by atoms with Crippen LogP contribution in [0.4, 0.5) is 0 Å². The zero-order valence-corrected chi connectivity index (χ0v) is 18.0. The van der Waals surface area contributed by atoms with E-state index in [0.29, 0.717) is 11.8 Å². The quantitative estimate of drug-likeness (QED) is 0.665. The zero-order chi connectivity index (χ0) is 18.7. The maximum absolute atomic E-state index is 9.86. The van der Waals surface area contributed by atoms with Gasteiger partial charge in [-0.2, -0.15) is 5.26 Å². The van der Waals surface area contributed by atoms with E-state index in [9.17, 15) is 5.26 Å². The molecule has 25 heavy (non-hydrogen) atoms. The molecule has 0 unspecified atom stereocenters. The number of nitriles is 1. The van der Waals surface area contributed by atoms with Gasteiger partial charge in [0.05, 0.1) is 31.3 Å². The largest absolute Gasteiger partial charge is 0.413 e. The van der Waals surface area contributed by atoms with E-state index in [1.165, 1.54) is 0 Å². The van der Waals surface area contributed by atoms with Crippen molar-refractivity contribution in [3.05, 3.63) is 0 Å². The second kappa shape index (κ2) is 6.05. The van der Waals surface area contributed by atoms with Crippen LogP contribution in [0.15, 0.2) is 0 Å². The monoisotopic (exact) mass is 365 g/mol. The molecule has 3 rings (SSSR count). The number of rotatable bonds is 2. The molecular formula is C20H35NO3Si. The molecular weight excluding hydrogens is 330 g/mol. The fourth-order valence-electron chi connectivity index (χ4n) is 4.39. The van der Waals surface area contributed by atoms with Gasteiger partial charge in [0.25, 0.3) is 0 Å². The van der Waals surface area contributed by atoms with Crippen LogP contribution in [0.1, 0.15) is 53.9 Å². The van der Waals surface area contributed by atoms with Crippen LogP contribution in [-0.2, 0) is 13.9 Å². The number of nitrogens with zero attached hydrogens (tertiary/aromatic N) is 1. The van der Waals surface area contributed by atoms with Crippen LogP contribution in [0, 0.1) is 34.5 Å². The first-order chi connectivity index (χ1) is 11.4. The highest BCUT2D eigenvalue weighted by molar-refractivity contribution is 6.74. The molecule has 2 saturated carbocycles. The van der Waals surface area contributed by atoms with Gasteiger partial charge in [0.15, 0.2) is 14.1 Å². The van der Waals surface area contributed by atoms with Gasteiger partial charge in [-0.15, -0.1) is 0 Å². The van der Waals surface area contributed by atoms with Crippen molar-refractivity contribution in [3.63, 3.8) is 0 Å². The number of fused-ring (bicyclic) bond motifs is 1. The first-order valence-electron chi connectivity index (χ1n) is 9.73. The van der Waals surface area contributed by atoms with Gasteiger partial charge in [-0.25, -0.2) is 0 Å². The van der Waals surface area contributed by atoms with Crippen molar-refractivity contribution >= 4 is 8.32 Å². The molecule has 0 N–H and O–H groups in total. The molecule has 3 aliphatic rings. The molecule has 142 valence electrons. The van der Waals surface area contributed by atoms with Crippen LogP contribution in [0.25, 0.3) is 0 Å². The van der Waals surface area contributed by atoms with Gasteiger partial charge >= 0.3 is 0 Å². The number of ether oxygens (including phenoxy) is 2. The predicted molar refractivity (Wildman–Crippen MR) is 100 cm³/mol. The second-order valence-corrected chi connectivity index (χ2v) is 15.5. The Balaban J connectivity index is 1.69. The predicted octanol–water partition coefficient (Wildman–Crippen LogP) is 4.72. The fraction of sp³-hybridized carbons (Fsp3) is 0.950. The smallest absolute Gasteiger partial charge is 0.192 e. The van der Waals surface area contributed by atoms with Crippen molar-refractivity contribution in [3.8, 4) is 6.07 Å². The van der Waals surface area contributed by atoms with E-state index in [1.807, 2.05) is 0 Å². The lowest BCUT2D eigenvalue weighted by Gasteiger charge is -2.43. The summed E-state index contributed by atoms with van der Waals surface area (Å²) in [7, 11) is -1.86. The molecule has 1 spiro atoms. The van der Waals surface area contributed by atoms with Gasteiger partial charge in [0.1, 0.15) is 0 Å². The Bertz CT molecular complexity index is 550. The molecule has 4 nitrogen and oxygen atoms in total. The standard InChI is InChI=1S/C20H35NO3Si/c1-18(2,3)25(6,7)24-17-8-14-9-20(10-15(14)16(17)11-21)22-12-19(4,5)13-23-20/h14-17H,8-10,12-13H2,1-7H3/t14-,15+,16-,17-/m1/s1. The van der Waals surface area contributed by atoms with Crippen LogP contribution < -0.4 is 0 Å². The average Bonchev–Trinajstić information content (AvgIpc) is 2.95. The van der Waals surface area contributed by atoms with Crippen LogP contribution in [0.3, 0.4) is 0 Å². The van der Waals surface area contributed by atoms with E-state index >= 15 is 0 Å². The minimum atomic E-state index is -1.86. The van der Waals surface area contributed by atoms with Crippen molar-refractivity contribution < 1.29 is 13.9 Å². The molecule has 0 aromatic rings. The Labute approximate surface area is 154 Å². The van der Waals surface area contributed by atoms with E-state index in [2.05, 4.69) is 53.8 Å². The molecule has 1 aliphatic heterocycles. The SMILES string of the molecule is CC1(C)COC2(C[C@H]3C[C@@H](O[Si](C)(C)C(C)(C)C)[C@H](C#N)[C@H]3C2)OC1. The van der Waals surface area contributed by atoms with E-state index in [1.54, 1.807) is 0 Å². The second-order valence-electron chi connectivity index (χ2n) is 10.8. The Kier molecular flexibility index (Phi) is 4.69. The van der Waals surface area contributed by atoms with Crippen LogP contribution in [0.5, 0.6) is 0 Å². The fourth-order valence-corrected chi connectivity index (χ4v) is 5.74. The summed E-state index contributed by atoms with van der Waals surface area (Å²) in [6.07, 6.45) is 2.83.